The molecule has 2 rings (SSSR count). The fraction of sp³-hybridized carbons (Fsp3) is 0.562. The molecule has 0 saturated carbocycles. The van der Waals surface area contributed by atoms with Crippen molar-refractivity contribution in [3.05, 3.63) is 29.8 Å². The van der Waals surface area contributed by atoms with Gasteiger partial charge in [0.1, 0.15) is 5.75 Å². The van der Waals surface area contributed by atoms with Crippen molar-refractivity contribution >= 4 is 5.78 Å². The standard InChI is InChI=1S/C16H24N2O2/c1-13(2)20-15-6-3-5-14(11-15)16(19)12-18-9-4-7-17-8-10-18/h3,5-6,11,13,17H,4,7-10,12H2,1-2H3. The highest BCUT2D eigenvalue weighted by atomic mass is 16.5. The molecule has 1 aliphatic heterocycles. The van der Waals surface area contributed by atoms with Gasteiger partial charge in [0.05, 0.1) is 12.6 Å². The minimum Gasteiger partial charge on any atom is -0.491 e. The summed E-state index contributed by atoms with van der Waals surface area (Å²) in [4.78, 5) is 14.6. The maximum absolute atomic E-state index is 12.3. The van der Waals surface area contributed by atoms with Crippen molar-refractivity contribution in [1.82, 2.24) is 10.2 Å². The van der Waals surface area contributed by atoms with Gasteiger partial charge in [-0.1, -0.05) is 12.1 Å². The van der Waals surface area contributed by atoms with Crippen molar-refractivity contribution in [1.29, 1.82) is 0 Å². The smallest absolute Gasteiger partial charge is 0.176 e. The molecule has 0 aromatic heterocycles. The molecule has 1 aliphatic rings. The normalized spacial score (nSPS) is 16.9. The molecule has 0 atom stereocenters. The van der Waals surface area contributed by atoms with Crippen LogP contribution in [-0.2, 0) is 0 Å². The highest BCUT2D eigenvalue weighted by Gasteiger charge is 2.14. The number of hydrogen-bond acceptors (Lipinski definition) is 4. The maximum Gasteiger partial charge on any atom is 0.176 e. The van der Waals surface area contributed by atoms with Crippen molar-refractivity contribution in [2.75, 3.05) is 32.7 Å². The minimum atomic E-state index is 0.122. The van der Waals surface area contributed by atoms with E-state index in [-0.39, 0.29) is 11.9 Å². The molecule has 1 saturated heterocycles. The molecule has 0 unspecified atom stereocenters. The van der Waals surface area contributed by atoms with E-state index in [2.05, 4.69) is 10.2 Å². The van der Waals surface area contributed by atoms with E-state index in [4.69, 9.17) is 4.74 Å². The summed E-state index contributed by atoms with van der Waals surface area (Å²) in [6.07, 6.45) is 1.22. The Labute approximate surface area is 121 Å². The van der Waals surface area contributed by atoms with Crippen LogP contribution in [0.3, 0.4) is 0 Å². The van der Waals surface area contributed by atoms with Crippen LogP contribution in [0.4, 0.5) is 0 Å². The lowest BCUT2D eigenvalue weighted by Crippen LogP contribution is -2.33. The van der Waals surface area contributed by atoms with Crippen molar-refractivity contribution < 1.29 is 9.53 Å². The van der Waals surface area contributed by atoms with Gasteiger partial charge in [-0.3, -0.25) is 9.69 Å². The van der Waals surface area contributed by atoms with Gasteiger partial charge in [-0.15, -0.1) is 0 Å². The summed E-state index contributed by atoms with van der Waals surface area (Å²) in [5.41, 5.74) is 0.736. The number of hydrogen-bond donors (Lipinski definition) is 1. The molecule has 0 bridgehead atoms. The lowest BCUT2D eigenvalue weighted by molar-refractivity contribution is 0.0934. The van der Waals surface area contributed by atoms with Crippen LogP contribution < -0.4 is 10.1 Å². The number of nitrogens with zero attached hydrogens (tertiary/aromatic N) is 1. The highest BCUT2D eigenvalue weighted by molar-refractivity contribution is 5.97. The molecule has 1 heterocycles. The monoisotopic (exact) mass is 276 g/mol. The van der Waals surface area contributed by atoms with Gasteiger partial charge in [0.15, 0.2) is 5.78 Å². The number of ketones is 1. The second-order valence-electron chi connectivity index (χ2n) is 5.50. The molecule has 0 amide bonds. The van der Waals surface area contributed by atoms with Gasteiger partial charge in [-0.2, -0.15) is 0 Å². The van der Waals surface area contributed by atoms with Crippen molar-refractivity contribution in [2.45, 2.75) is 26.4 Å². The Morgan fingerprint density at radius 2 is 2.20 bits per heavy atom. The Kier molecular flexibility index (Phi) is 5.56. The molecule has 0 spiro atoms. The zero-order valence-electron chi connectivity index (χ0n) is 12.4. The zero-order valence-corrected chi connectivity index (χ0v) is 12.4. The van der Waals surface area contributed by atoms with Gasteiger partial charge < -0.3 is 10.1 Å². The fourth-order valence-electron chi connectivity index (χ4n) is 2.37. The lowest BCUT2D eigenvalue weighted by Gasteiger charge is -2.18. The number of Topliss-reactive ketones (excluding diaryl/α,β-unsaturated/α-hetero) is 1. The number of carbonyl (C=O) groups is 1. The molecule has 0 aliphatic carbocycles. The van der Waals surface area contributed by atoms with E-state index in [9.17, 15) is 4.79 Å². The Morgan fingerprint density at radius 3 is 3.00 bits per heavy atom. The number of carbonyl (C=O) groups excluding carboxylic acids is 1. The molecule has 4 heteroatoms. The summed E-state index contributed by atoms with van der Waals surface area (Å²) in [6.45, 7) is 8.39. The average molecular weight is 276 g/mol. The first-order valence-electron chi connectivity index (χ1n) is 7.38. The lowest BCUT2D eigenvalue weighted by atomic mass is 10.1. The number of rotatable bonds is 5. The Morgan fingerprint density at radius 1 is 1.35 bits per heavy atom. The van der Waals surface area contributed by atoms with Gasteiger partial charge in [-0.25, -0.2) is 0 Å². The molecule has 1 fully saturated rings. The van der Waals surface area contributed by atoms with Gasteiger partial charge in [0.25, 0.3) is 0 Å². The maximum atomic E-state index is 12.3. The largest absolute Gasteiger partial charge is 0.491 e. The van der Waals surface area contributed by atoms with E-state index in [1.807, 2.05) is 38.1 Å². The molecule has 1 N–H and O–H groups in total. The Balaban J connectivity index is 1.97. The Hall–Kier alpha value is -1.39. The SMILES string of the molecule is CC(C)Oc1cccc(C(=O)CN2CCCNCC2)c1. The van der Waals surface area contributed by atoms with Crippen LogP contribution in [0.2, 0.25) is 0 Å². The summed E-state index contributed by atoms with van der Waals surface area (Å²) >= 11 is 0. The van der Waals surface area contributed by atoms with E-state index in [1.54, 1.807) is 0 Å². The summed E-state index contributed by atoms with van der Waals surface area (Å²) in [5, 5.41) is 3.35. The van der Waals surface area contributed by atoms with Crippen molar-refractivity contribution in [2.24, 2.45) is 0 Å². The van der Waals surface area contributed by atoms with Gasteiger partial charge in [0, 0.05) is 18.7 Å². The summed E-state index contributed by atoms with van der Waals surface area (Å²) < 4.78 is 5.64. The molecule has 0 radical (unpaired) electrons. The first-order chi connectivity index (χ1) is 9.65. The van der Waals surface area contributed by atoms with Crippen LogP contribution in [0.1, 0.15) is 30.6 Å². The molecular formula is C16H24N2O2. The van der Waals surface area contributed by atoms with E-state index >= 15 is 0 Å². The van der Waals surface area contributed by atoms with E-state index in [0.717, 1.165) is 43.9 Å². The van der Waals surface area contributed by atoms with Crippen LogP contribution in [-0.4, -0.2) is 49.5 Å². The van der Waals surface area contributed by atoms with Crippen LogP contribution in [0, 0.1) is 0 Å². The van der Waals surface area contributed by atoms with Crippen molar-refractivity contribution in [3.63, 3.8) is 0 Å². The third kappa shape index (κ3) is 4.62. The number of ether oxygens (including phenoxy) is 1. The third-order valence-corrected chi connectivity index (χ3v) is 3.33. The minimum absolute atomic E-state index is 0.122. The fourth-order valence-corrected chi connectivity index (χ4v) is 2.37. The van der Waals surface area contributed by atoms with Crippen molar-refractivity contribution in [3.8, 4) is 5.75 Å². The zero-order chi connectivity index (χ0) is 14.4. The molecule has 1 aromatic carbocycles. The molecule has 1 aromatic rings. The molecule has 20 heavy (non-hydrogen) atoms. The molecule has 110 valence electrons. The van der Waals surface area contributed by atoms with Gasteiger partial charge >= 0.3 is 0 Å². The van der Waals surface area contributed by atoms with E-state index < -0.39 is 0 Å². The van der Waals surface area contributed by atoms with Gasteiger partial charge in [0.2, 0.25) is 0 Å². The first kappa shape index (κ1) is 15.0. The first-order valence-corrected chi connectivity index (χ1v) is 7.38. The van der Waals surface area contributed by atoms with Crippen LogP contribution in [0.5, 0.6) is 5.75 Å². The number of nitrogens with one attached hydrogen (secondary N) is 1. The topological polar surface area (TPSA) is 41.6 Å². The van der Waals surface area contributed by atoms with Crippen LogP contribution in [0.25, 0.3) is 0 Å². The quantitative estimate of drug-likeness (QED) is 0.835. The van der Waals surface area contributed by atoms with Crippen LogP contribution >= 0.6 is 0 Å². The van der Waals surface area contributed by atoms with E-state index in [1.165, 1.54) is 0 Å². The predicted molar refractivity (Wildman–Crippen MR) is 80.5 cm³/mol. The summed E-state index contributed by atoms with van der Waals surface area (Å²) in [6, 6.07) is 7.49. The van der Waals surface area contributed by atoms with Gasteiger partial charge in [-0.05, 0) is 45.5 Å². The molecule has 4 nitrogen and oxygen atoms in total. The second kappa shape index (κ2) is 7.41. The average Bonchev–Trinajstić information content (AvgIpc) is 2.67. The second-order valence-corrected chi connectivity index (χ2v) is 5.50. The van der Waals surface area contributed by atoms with E-state index in [0.29, 0.717) is 6.54 Å². The summed E-state index contributed by atoms with van der Waals surface area (Å²) in [5.74, 6) is 0.935. The van der Waals surface area contributed by atoms with Crippen LogP contribution in [0.15, 0.2) is 24.3 Å². The highest BCUT2D eigenvalue weighted by Crippen LogP contribution is 2.15. The molecular weight excluding hydrogens is 252 g/mol. The Bertz CT molecular complexity index is 438. The predicted octanol–water partition coefficient (Wildman–Crippen LogP) is 1.95. The third-order valence-electron chi connectivity index (χ3n) is 3.33. The number of benzene rings is 1. The summed E-state index contributed by atoms with van der Waals surface area (Å²) in [7, 11) is 0.